The summed E-state index contributed by atoms with van der Waals surface area (Å²) in [5.74, 6) is 0. The molecule has 21 heavy (non-hydrogen) atoms. The van der Waals surface area contributed by atoms with E-state index in [1.807, 2.05) is 31.2 Å². The summed E-state index contributed by atoms with van der Waals surface area (Å²) in [6, 6.07) is 13.2. The summed E-state index contributed by atoms with van der Waals surface area (Å²) in [5, 5.41) is 8.51. The molecule has 0 atom stereocenters. The van der Waals surface area contributed by atoms with Crippen molar-refractivity contribution in [1.29, 1.82) is 0 Å². The van der Waals surface area contributed by atoms with Crippen LogP contribution in [0, 0.1) is 6.92 Å². The topological polar surface area (TPSA) is 36.4 Å². The van der Waals surface area contributed by atoms with Crippen molar-refractivity contribution in [3.63, 3.8) is 0 Å². The molecule has 0 saturated heterocycles. The van der Waals surface area contributed by atoms with Crippen LogP contribution in [-0.2, 0) is 0 Å². The Morgan fingerprint density at radius 2 is 1.71 bits per heavy atom. The van der Waals surface area contributed by atoms with E-state index >= 15 is 0 Å². The molecule has 0 amide bonds. The molecule has 2 rings (SSSR count). The molecule has 2 aromatic carbocycles. The third-order valence-electron chi connectivity index (χ3n) is 2.67. The minimum absolute atomic E-state index is 0.387. The second-order valence-corrected chi connectivity index (χ2v) is 5.55. The fourth-order valence-corrected chi connectivity index (χ4v) is 2.25. The summed E-state index contributed by atoms with van der Waals surface area (Å²) in [6.45, 7) is 2.03. The van der Waals surface area contributed by atoms with Crippen molar-refractivity contribution < 1.29 is 0 Å². The third-order valence-corrected chi connectivity index (χ3v) is 3.52. The quantitative estimate of drug-likeness (QED) is 0.487. The van der Waals surface area contributed by atoms with Gasteiger partial charge in [-0.15, -0.1) is 0 Å². The minimum atomic E-state index is 0.387. The molecular weight excluding hydrogens is 325 g/mol. The van der Waals surface area contributed by atoms with Crippen LogP contribution in [0.4, 0.5) is 5.69 Å². The summed E-state index contributed by atoms with van der Waals surface area (Å²) in [4.78, 5) is 0. The van der Waals surface area contributed by atoms with Crippen LogP contribution < -0.4 is 10.7 Å². The minimum Gasteiger partial charge on any atom is -0.331 e. The van der Waals surface area contributed by atoms with Crippen molar-refractivity contribution in [3.05, 3.63) is 63.6 Å². The summed E-state index contributed by atoms with van der Waals surface area (Å²) in [6.07, 6.45) is 1.54. The first-order chi connectivity index (χ1) is 10.1. The Kier molecular flexibility index (Phi) is 5.56. The van der Waals surface area contributed by atoms with E-state index in [0.717, 1.165) is 5.69 Å². The van der Waals surface area contributed by atoms with Gasteiger partial charge in [0.15, 0.2) is 5.11 Å². The molecule has 0 bridgehead atoms. The zero-order valence-electron chi connectivity index (χ0n) is 11.2. The average Bonchev–Trinajstić information content (AvgIpc) is 2.45. The number of anilines is 1. The number of hydrogen-bond acceptors (Lipinski definition) is 2. The van der Waals surface area contributed by atoms with Gasteiger partial charge in [0.2, 0.25) is 0 Å². The zero-order valence-corrected chi connectivity index (χ0v) is 13.6. The number of halogens is 2. The second kappa shape index (κ2) is 7.41. The highest BCUT2D eigenvalue weighted by Gasteiger charge is 2.02. The fraction of sp³-hybridized carbons (Fsp3) is 0.0667. The molecule has 108 valence electrons. The van der Waals surface area contributed by atoms with Gasteiger partial charge >= 0.3 is 0 Å². The number of aryl methyl sites for hydroxylation is 1. The van der Waals surface area contributed by atoms with Crippen LogP contribution in [0.5, 0.6) is 0 Å². The SMILES string of the molecule is Cc1ccc(NC(=S)N/N=C/c2c(Cl)cccc2Cl)cc1. The molecule has 0 aliphatic carbocycles. The monoisotopic (exact) mass is 337 g/mol. The van der Waals surface area contributed by atoms with E-state index in [4.69, 9.17) is 35.4 Å². The number of nitrogens with zero attached hydrogens (tertiary/aromatic N) is 1. The molecule has 0 saturated carbocycles. The van der Waals surface area contributed by atoms with Gasteiger partial charge in [-0.2, -0.15) is 5.10 Å². The van der Waals surface area contributed by atoms with Crippen molar-refractivity contribution >= 4 is 52.4 Å². The predicted molar refractivity (Wildman–Crippen MR) is 94.6 cm³/mol. The highest BCUT2D eigenvalue weighted by Crippen LogP contribution is 2.21. The summed E-state index contributed by atoms with van der Waals surface area (Å²) in [7, 11) is 0. The van der Waals surface area contributed by atoms with E-state index in [1.165, 1.54) is 11.8 Å². The van der Waals surface area contributed by atoms with E-state index in [9.17, 15) is 0 Å². The normalized spacial score (nSPS) is 10.6. The van der Waals surface area contributed by atoms with Crippen LogP contribution in [0.1, 0.15) is 11.1 Å². The van der Waals surface area contributed by atoms with Crippen molar-refractivity contribution in [2.45, 2.75) is 6.92 Å². The molecular formula is C15H13Cl2N3S. The number of benzene rings is 2. The molecule has 0 unspecified atom stereocenters. The number of hydrazone groups is 1. The van der Waals surface area contributed by atoms with Crippen LogP contribution in [0.25, 0.3) is 0 Å². The Balaban J connectivity index is 1.95. The molecule has 0 heterocycles. The maximum absolute atomic E-state index is 6.04. The average molecular weight is 338 g/mol. The highest BCUT2D eigenvalue weighted by molar-refractivity contribution is 7.80. The first-order valence-corrected chi connectivity index (χ1v) is 7.33. The first-order valence-electron chi connectivity index (χ1n) is 6.17. The second-order valence-electron chi connectivity index (χ2n) is 4.33. The van der Waals surface area contributed by atoms with Crippen LogP contribution in [-0.4, -0.2) is 11.3 Å². The Bertz CT molecular complexity index is 649. The van der Waals surface area contributed by atoms with E-state index in [-0.39, 0.29) is 0 Å². The molecule has 2 aromatic rings. The Morgan fingerprint density at radius 3 is 2.33 bits per heavy atom. The van der Waals surface area contributed by atoms with Gasteiger partial charge in [0.1, 0.15) is 0 Å². The van der Waals surface area contributed by atoms with Crippen LogP contribution in [0.2, 0.25) is 10.0 Å². The zero-order chi connectivity index (χ0) is 15.2. The van der Waals surface area contributed by atoms with E-state index in [2.05, 4.69) is 15.8 Å². The lowest BCUT2D eigenvalue weighted by Gasteiger charge is -2.07. The lowest BCUT2D eigenvalue weighted by atomic mass is 10.2. The van der Waals surface area contributed by atoms with E-state index < -0.39 is 0 Å². The largest absolute Gasteiger partial charge is 0.331 e. The summed E-state index contributed by atoms with van der Waals surface area (Å²) in [5.41, 5.74) is 5.44. The lowest BCUT2D eigenvalue weighted by molar-refractivity contribution is 1.05. The molecule has 0 aromatic heterocycles. The van der Waals surface area contributed by atoms with Crippen LogP contribution >= 0.6 is 35.4 Å². The van der Waals surface area contributed by atoms with Gasteiger partial charge in [-0.1, -0.05) is 47.0 Å². The van der Waals surface area contributed by atoms with Crippen molar-refractivity contribution in [2.75, 3.05) is 5.32 Å². The fourth-order valence-electron chi connectivity index (χ4n) is 1.59. The van der Waals surface area contributed by atoms with Gasteiger partial charge < -0.3 is 5.32 Å². The van der Waals surface area contributed by atoms with Gasteiger partial charge in [-0.25, -0.2) is 0 Å². The Hall–Kier alpha value is -1.62. The summed E-state index contributed by atoms with van der Waals surface area (Å²) >= 11 is 17.2. The predicted octanol–water partition coefficient (Wildman–Crippen LogP) is 4.62. The van der Waals surface area contributed by atoms with Gasteiger partial charge in [0.25, 0.3) is 0 Å². The standard InChI is InChI=1S/C15H13Cl2N3S/c1-10-5-7-11(8-6-10)19-15(21)20-18-9-12-13(16)3-2-4-14(12)17/h2-9H,1H3,(H2,19,20,21)/b18-9+. The van der Waals surface area contributed by atoms with Gasteiger partial charge in [0.05, 0.1) is 16.3 Å². The molecule has 0 spiro atoms. The molecule has 2 N–H and O–H groups in total. The number of thiocarbonyl (C=S) groups is 1. The van der Waals surface area contributed by atoms with Gasteiger partial charge in [-0.3, -0.25) is 5.43 Å². The van der Waals surface area contributed by atoms with Crippen molar-refractivity contribution in [1.82, 2.24) is 5.43 Å². The van der Waals surface area contributed by atoms with Gasteiger partial charge in [0, 0.05) is 11.3 Å². The molecule has 6 heteroatoms. The Morgan fingerprint density at radius 1 is 1.10 bits per heavy atom. The van der Waals surface area contributed by atoms with E-state index in [0.29, 0.717) is 20.7 Å². The first kappa shape index (κ1) is 15.8. The van der Waals surface area contributed by atoms with E-state index in [1.54, 1.807) is 18.2 Å². The van der Waals surface area contributed by atoms with Crippen LogP contribution in [0.15, 0.2) is 47.6 Å². The third kappa shape index (κ3) is 4.70. The Labute approximate surface area is 139 Å². The maximum atomic E-state index is 6.04. The van der Waals surface area contributed by atoms with Crippen molar-refractivity contribution in [2.24, 2.45) is 5.10 Å². The molecule has 0 aliphatic rings. The molecule has 3 nitrogen and oxygen atoms in total. The lowest BCUT2D eigenvalue weighted by Crippen LogP contribution is -2.23. The number of rotatable bonds is 3. The molecule has 0 aliphatic heterocycles. The number of nitrogens with one attached hydrogen (secondary N) is 2. The molecule has 0 fully saturated rings. The van der Waals surface area contributed by atoms with Gasteiger partial charge in [-0.05, 0) is 43.4 Å². The number of hydrogen-bond donors (Lipinski definition) is 2. The summed E-state index contributed by atoms with van der Waals surface area (Å²) < 4.78 is 0. The smallest absolute Gasteiger partial charge is 0.191 e. The maximum Gasteiger partial charge on any atom is 0.191 e. The highest BCUT2D eigenvalue weighted by atomic mass is 35.5. The molecule has 0 radical (unpaired) electrons. The van der Waals surface area contributed by atoms with Crippen LogP contribution in [0.3, 0.4) is 0 Å². The van der Waals surface area contributed by atoms with Crippen molar-refractivity contribution in [3.8, 4) is 0 Å².